The first-order valence-corrected chi connectivity index (χ1v) is 15.8. The number of halogens is 1. The van der Waals surface area contributed by atoms with Crippen molar-refractivity contribution in [3.63, 3.8) is 0 Å². The van der Waals surface area contributed by atoms with Crippen LogP contribution in [0, 0.1) is 5.82 Å². The highest BCUT2D eigenvalue weighted by atomic mass is 32.2. The molecule has 1 saturated heterocycles. The smallest absolute Gasteiger partial charge is 0.225 e. The number of ether oxygens (including phenoxy) is 1. The van der Waals surface area contributed by atoms with E-state index in [1.54, 1.807) is 31.6 Å². The number of hydrogen-bond acceptors (Lipinski definition) is 6. The maximum absolute atomic E-state index is 15.3. The standard InChI is InChI=1S/C24H37FN4O3SSi/c1-24(2,3)34(5,6)32-18-19-8-7-9-21(22(19)25)20-16-26-23(27-17-20)28-10-12-29(13-11-28)33(30)15-14-31-4/h7-9,16-17H,10-15,18H2,1-6H3. The molecule has 0 amide bonds. The van der Waals surface area contributed by atoms with E-state index in [1.807, 2.05) is 10.4 Å². The van der Waals surface area contributed by atoms with Gasteiger partial charge in [-0.1, -0.05) is 39.0 Å². The monoisotopic (exact) mass is 508 g/mol. The van der Waals surface area contributed by atoms with Crippen LogP contribution in [0.1, 0.15) is 26.3 Å². The molecule has 34 heavy (non-hydrogen) atoms. The van der Waals surface area contributed by atoms with Gasteiger partial charge in [0.25, 0.3) is 0 Å². The summed E-state index contributed by atoms with van der Waals surface area (Å²) in [5, 5.41) is 0.0647. The maximum atomic E-state index is 15.3. The molecule has 1 atom stereocenters. The highest BCUT2D eigenvalue weighted by Crippen LogP contribution is 2.37. The molecule has 0 saturated carbocycles. The molecule has 1 fully saturated rings. The van der Waals surface area contributed by atoms with E-state index in [9.17, 15) is 4.21 Å². The highest BCUT2D eigenvalue weighted by molar-refractivity contribution is 7.82. The molecule has 1 unspecified atom stereocenters. The number of nitrogens with zero attached hydrogens (tertiary/aromatic N) is 4. The number of piperazine rings is 1. The Morgan fingerprint density at radius 1 is 1.12 bits per heavy atom. The molecule has 0 bridgehead atoms. The van der Waals surface area contributed by atoms with Crippen LogP contribution in [-0.2, 0) is 26.8 Å². The molecule has 3 rings (SSSR count). The molecule has 1 aliphatic rings. The quantitative estimate of drug-likeness (QED) is 0.472. The summed E-state index contributed by atoms with van der Waals surface area (Å²) in [7, 11) is -1.40. The number of anilines is 1. The Morgan fingerprint density at radius 2 is 1.76 bits per heavy atom. The van der Waals surface area contributed by atoms with Gasteiger partial charge < -0.3 is 14.1 Å². The van der Waals surface area contributed by atoms with Gasteiger partial charge >= 0.3 is 0 Å². The van der Waals surface area contributed by atoms with Crippen molar-refractivity contribution in [1.29, 1.82) is 0 Å². The molecule has 10 heteroatoms. The molecule has 7 nitrogen and oxygen atoms in total. The topological polar surface area (TPSA) is 67.8 Å². The summed E-state index contributed by atoms with van der Waals surface area (Å²) in [5.41, 5.74) is 1.65. The van der Waals surface area contributed by atoms with Gasteiger partial charge in [0.05, 0.1) is 30.0 Å². The largest absolute Gasteiger partial charge is 0.412 e. The molecule has 0 spiro atoms. The van der Waals surface area contributed by atoms with Gasteiger partial charge in [-0.3, -0.25) is 0 Å². The summed E-state index contributed by atoms with van der Waals surface area (Å²) in [6.07, 6.45) is 3.34. The van der Waals surface area contributed by atoms with Gasteiger partial charge in [-0.25, -0.2) is 22.9 Å². The van der Waals surface area contributed by atoms with Gasteiger partial charge in [0.1, 0.15) is 5.82 Å². The van der Waals surface area contributed by atoms with Crippen molar-refractivity contribution in [1.82, 2.24) is 14.3 Å². The van der Waals surface area contributed by atoms with E-state index in [2.05, 4.69) is 48.7 Å². The van der Waals surface area contributed by atoms with Gasteiger partial charge in [-0.05, 0) is 18.1 Å². The SMILES string of the molecule is COCCS(=O)N1CCN(c2ncc(-c3cccc(CO[Si](C)(C)C(C)(C)C)c3F)cn2)CC1. The van der Waals surface area contributed by atoms with Gasteiger partial charge in [-0.15, -0.1) is 0 Å². The van der Waals surface area contributed by atoms with E-state index in [4.69, 9.17) is 9.16 Å². The summed E-state index contributed by atoms with van der Waals surface area (Å²) in [6, 6.07) is 5.37. The molecule has 2 aromatic rings. The molecule has 0 N–H and O–H groups in total. The van der Waals surface area contributed by atoms with Crippen LogP contribution < -0.4 is 4.90 Å². The van der Waals surface area contributed by atoms with Gasteiger partial charge in [0.2, 0.25) is 5.95 Å². The van der Waals surface area contributed by atoms with E-state index in [1.165, 1.54) is 0 Å². The number of rotatable bonds is 9. The summed E-state index contributed by atoms with van der Waals surface area (Å²) < 4.78 is 40.8. The Labute approximate surface area is 206 Å². The van der Waals surface area contributed by atoms with Crippen molar-refractivity contribution in [3.05, 3.63) is 42.0 Å². The molecule has 1 aliphatic heterocycles. The number of methoxy groups -OCH3 is 1. The lowest BCUT2D eigenvalue weighted by Crippen LogP contribution is -2.48. The molecule has 1 aromatic carbocycles. The second kappa shape index (κ2) is 11.3. The van der Waals surface area contributed by atoms with E-state index in [0.29, 0.717) is 61.2 Å². The lowest BCUT2D eigenvalue weighted by atomic mass is 10.1. The second-order valence-electron chi connectivity index (χ2n) is 10.0. The maximum Gasteiger partial charge on any atom is 0.225 e. The molecular formula is C24H37FN4O3SSi. The highest BCUT2D eigenvalue weighted by Gasteiger charge is 2.37. The minimum atomic E-state index is -1.98. The van der Waals surface area contributed by atoms with Gasteiger partial charge in [0, 0.05) is 62.4 Å². The molecule has 2 heterocycles. The molecular weight excluding hydrogens is 471 g/mol. The normalized spacial score (nSPS) is 16.6. The van der Waals surface area contributed by atoms with E-state index in [0.717, 1.165) is 0 Å². The van der Waals surface area contributed by atoms with Crippen LogP contribution in [0.15, 0.2) is 30.6 Å². The summed E-state index contributed by atoms with van der Waals surface area (Å²) in [6.45, 7) is 14.3. The Balaban J connectivity index is 1.65. The molecule has 188 valence electrons. The van der Waals surface area contributed by atoms with Crippen LogP contribution in [0.5, 0.6) is 0 Å². The van der Waals surface area contributed by atoms with E-state index < -0.39 is 19.3 Å². The minimum Gasteiger partial charge on any atom is -0.412 e. The van der Waals surface area contributed by atoms with Crippen LogP contribution in [0.3, 0.4) is 0 Å². The van der Waals surface area contributed by atoms with Crippen molar-refractivity contribution >= 4 is 25.3 Å². The fourth-order valence-electron chi connectivity index (χ4n) is 3.39. The molecule has 0 radical (unpaired) electrons. The third kappa shape index (κ3) is 6.48. The predicted octanol–water partition coefficient (Wildman–Crippen LogP) is 4.24. The zero-order chi connectivity index (χ0) is 24.9. The predicted molar refractivity (Wildman–Crippen MR) is 138 cm³/mol. The van der Waals surface area contributed by atoms with Crippen molar-refractivity contribution in [2.75, 3.05) is 50.5 Å². The van der Waals surface area contributed by atoms with E-state index in [-0.39, 0.29) is 17.5 Å². The first-order valence-electron chi connectivity index (χ1n) is 11.6. The number of aromatic nitrogens is 2. The Kier molecular flexibility index (Phi) is 8.97. The van der Waals surface area contributed by atoms with Crippen LogP contribution in [-0.4, -0.2) is 72.4 Å². The third-order valence-electron chi connectivity index (χ3n) is 6.69. The van der Waals surface area contributed by atoms with Crippen molar-refractivity contribution in [2.24, 2.45) is 0 Å². The van der Waals surface area contributed by atoms with Crippen molar-refractivity contribution < 1.29 is 17.8 Å². The first kappa shape index (κ1) is 26.9. The molecule has 0 aliphatic carbocycles. The van der Waals surface area contributed by atoms with Gasteiger partial charge in [0.15, 0.2) is 8.32 Å². The Bertz CT molecular complexity index is 977. The average molecular weight is 509 g/mol. The zero-order valence-corrected chi connectivity index (χ0v) is 23.0. The van der Waals surface area contributed by atoms with Crippen LogP contribution >= 0.6 is 0 Å². The zero-order valence-electron chi connectivity index (χ0n) is 21.1. The number of benzene rings is 1. The summed E-state index contributed by atoms with van der Waals surface area (Å²) >= 11 is 0. The minimum absolute atomic E-state index is 0.0647. The lowest BCUT2D eigenvalue weighted by Gasteiger charge is -2.36. The fraction of sp³-hybridized carbons (Fsp3) is 0.583. The molecule has 1 aromatic heterocycles. The lowest BCUT2D eigenvalue weighted by molar-refractivity contribution is 0.216. The van der Waals surface area contributed by atoms with E-state index >= 15 is 4.39 Å². The summed E-state index contributed by atoms with van der Waals surface area (Å²) in [5.74, 6) is 0.821. The average Bonchev–Trinajstić information content (AvgIpc) is 2.81. The summed E-state index contributed by atoms with van der Waals surface area (Å²) in [4.78, 5) is 11.1. The fourth-order valence-corrected chi connectivity index (χ4v) is 5.48. The van der Waals surface area contributed by atoms with Crippen LogP contribution in [0.4, 0.5) is 10.3 Å². The van der Waals surface area contributed by atoms with Crippen LogP contribution in [0.2, 0.25) is 18.1 Å². The van der Waals surface area contributed by atoms with Crippen LogP contribution in [0.25, 0.3) is 11.1 Å². The number of hydrogen-bond donors (Lipinski definition) is 0. The second-order valence-corrected chi connectivity index (χ2v) is 16.4. The Hall–Kier alpha value is -1.72. The Morgan fingerprint density at radius 3 is 2.35 bits per heavy atom. The third-order valence-corrected chi connectivity index (χ3v) is 12.6. The van der Waals surface area contributed by atoms with Gasteiger partial charge in [-0.2, -0.15) is 0 Å². The van der Waals surface area contributed by atoms with Crippen molar-refractivity contribution in [3.8, 4) is 11.1 Å². The van der Waals surface area contributed by atoms with Crippen molar-refractivity contribution in [2.45, 2.75) is 45.5 Å². The first-order chi connectivity index (χ1) is 16.0.